The molecule has 0 saturated carbocycles. The second-order valence-electron chi connectivity index (χ2n) is 5.80. The summed E-state index contributed by atoms with van der Waals surface area (Å²) in [5.41, 5.74) is -0.187. The summed E-state index contributed by atoms with van der Waals surface area (Å²) in [6, 6.07) is 2.34. The van der Waals surface area contributed by atoms with Crippen molar-refractivity contribution in [1.29, 1.82) is 5.26 Å². The minimum Gasteiger partial charge on any atom is -0.340 e. The van der Waals surface area contributed by atoms with E-state index in [-0.39, 0.29) is 11.3 Å². The zero-order valence-electron chi connectivity index (χ0n) is 11.9. The molecule has 4 nitrogen and oxygen atoms in total. The highest BCUT2D eigenvalue weighted by molar-refractivity contribution is 5.73. The van der Waals surface area contributed by atoms with Crippen molar-refractivity contribution >= 4 is 5.91 Å². The molecular weight excluding hydrogens is 226 g/mol. The van der Waals surface area contributed by atoms with Crippen molar-refractivity contribution in [3.63, 3.8) is 0 Å². The summed E-state index contributed by atoms with van der Waals surface area (Å²) in [6.45, 7) is 10.4. The van der Waals surface area contributed by atoms with Crippen LogP contribution in [0.2, 0.25) is 0 Å². The molecule has 0 aromatic rings. The summed E-state index contributed by atoms with van der Waals surface area (Å²) >= 11 is 0. The van der Waals surface area contributed by atoms with Crippen molar-refractivity contribution in [1.82, 2.24) is 9.80 Å². The molecular formula is C14H25N3O. The van der Waals surface area contributed by atoms with Crippen molar-refractivity contribution in [3.05, 3.63) is 0 Å². The Balaban J connectivity index is 2.12. The molecule has 18 heavy (non-hydrogen) atoms. The van der Waals surface area contributed by atoms with Crippen molar-refractivity contribution < 1.29 is 4.79 Å². The zero-order chi connectivity index (χ0) is 13.6. The van der Waals surface area contributed by atoms with E-state index in [1.165, 1.54) is 0 Å². The van der Waals surface area contributed by atoms with Crippen molar-refractivity contribution in [2.75, 3.05) is 32.7 Å². The third kappa shape index (κ3) is 5.05. The summed E-state index contributed by atoms with van der Waals surface area (Å²) < 4.78 is 0. The van der Waals surface area contributed by atoms with Gasteiger partial charge in [-0.3, -0.25) is 9.69 Å². The lowest BCUT2D eigenvalue weighted by Crippen LogP contribution is -2.48. The van der Waals surface area contributed by atoms with Crippen molar-refractivity contribution in [3.8, 4) is 6.07 Å². The van der Waals surface area contributed by atoms with Gasteiger partial charge in [0.05, 0.1) is 11.5 Å². The van der Waals surface area contributed by atoms with Crippen LogP contribution in [0.25, 0.3) is 0 Å². The first-order valence-electron chi connectivity index (χ1n) is 6.84. The molecule has 1 fully saturated rings. The maximum atomic E-state index is 11.2. The van der Waals surface area contributed by atoms with Crippen LogP contribution in [-0.2, 0) is 4.79 Å². The normalized spacial score (nSPS) is 17.6. The Labute approximate surface area is 111 Å². The summed E-state index contributed by atoms with van der Waals surface area (Å²) in [4.78, 5) is 15.5. The van der Waals surface area contributed by atoms with Crippen LogP contribution < -0.4 is 0 Å². The minimum absolute atomic E-state index is 0.186. The van der Waals surface area contributed by atoms with Gasteiger partial charge in [-0.25, -0.2) is 0 Å². The van der Waals surface area contributed by atoms with E-state index < -0.39 is 0 Å². The van der Waals surface area contributed by atoms with Gasteiger partial charge in [-0.05, 0) is 33.2 Å². The van der Waals surface area contributed by atoms with Crippen LogP contribution in [0, 0.1) is 16.7 Å². The fourth-order valence-corrected chi connectivity index (χ4v) is 2.24. The highest BCUT2D eigenvalue weighted by atomic mass is 16.2. The van der Waals surface area contributed by atoms with Crippen LogP contribution in [0.15, 0.2) is 0 Å². The van der Waals surface area contributed by atoms with Crippen LogP contribution in [-0.4, -0.2) is 48.4 Å². The van der Waals surface area contributed by atoms with E-state index in [1.807, 2.05) is 18.7 Å². The Kier molecular flexibility index (Phi) is 5.61. The molecule has 0 aromatic carbocycles. The lowest BCUT2D eigenvalue weighted by molar-refractivity contribution is -0.130. The molecule has 0 unspecified atom stereocenters. The lowest BCUT2D eigenvalue weighted by Gasteiger charge is -2.34. The summed E-state index contributed by atoms with van der Waals surface area (Å²) in [6.07, 6.45) is 3.22. The molecule has 1 aliphatic heterocycles. The molecule has 0 radical (unpaired) electrons. The summed E-state index contributed by atoms with van der Waals surface area (Å²) in [7, 11) is 0. The number of nitrogens with zero attached hydrogens (tertiary/aromatic N) is 3. The van der Waals surface area contributed by atoms with E-state index >= 15 is 0 Å². The predicted molar refractivity (Wildman–Crippen MR) is 71.9 cm³/mol. The number of carbonyl (C=O) groups excluding carboxylic acids is 1. The molecule has 1 saturated heterocycles. The van der Waals surface area contributed by atoms with Crippen LogP contribution in [0.4, 0.5) is 0 Å². The second kappa shape index (κ2) is 6.75. The number of amides is 1. The first-order valence-corrected chi connectivity index (χ1v) is 6.84. The van der Waals surface area contributed by atoms with Gasteiger partial charge < -0.3 is 4.90 Å². The molecule has 4 heteroatoms. The van der Waals surface area contributed by atoms with Gasteiger partial charge in [-0.1, -0.05) is 6.42 Å². The van der Waals surface area contributed by atoms with Gasteiger partial charge in [0.25, 0.3) is 0 Å². The smallest absolute Gasteiger partial charge is 0.219 e. The number of rotatable bonds is 5. The number of nitriles is 1. The standard InChI is InChI=1S/C14H25N3O/c1-13(18)17-10-8-16(9-11-17)7-5-4-6-14(2,3)12-15/h4-11H2,1-3H3. The fraction of sp³-hybridized carbons (Fsp3) is 0.857. The predicted octanol–water partition coefficient (Wildman–Crippen LogP) is 1.87. The van der Waals surface area contributed by atoms with Crippen LogP contribution >= 0.6 is 0 Å². The molecule has 0 aliphatic carbocycles. The van der Waals surface area contributed by atoms with E-state index in [0.717, 1.165) is 52.0 Å². The lowest BCUT2D eigenvalue weighted by atomic mass is 9.89. The molecule has 0 spiro atoms. The van der Waals surface area contributed by atoms with E-state index in [9.17, 15) is 4.79 Å². The highest BCUT2D eigenvalue weighted by Crippen LogP contribution is 2.21. The number of carbonyl (C=O) groups is 1. The first kappa shape index (κ1) is 15.0. The van der Waals surface area contributed by atoms with Gasteiger partial charge in [0.2, 0.25) is 5.91 Å². The molecule has 0 bridgehead atoms. The molecule has 1 aliphatic rings. The molecule has 0 N–H and O–H groups in total. The zero-order valence-corrected chi connectivity index (χ0v) is 11.9. The van der Waals surface area contributed by atoms with E-state index in [2.05, 4.69) is 11.0 Å². The largest absolute Gasteiger partial charge is 0.340 e. The summed E-state index contributed by atoms with van der Waals surface area (Å²) in [5, 5.41) is 8.93. The Morgan fingerprint density at radius 3 is 2.33 bits per heavy atom. The Morgan fingerprint density at radius 1 is 1.22 bits per heavy atom. The Bertz CT molecular complexity index is 311. The van der Waals surface area contributed by atoms with E-state index in [0.29, 0.717) is 0 Å². The molecule has 0 aromatic heterocycles. The number of hydrogen-bond acceptors (Lipinski definition) is 3. The maximum absolute atomic E-state index is 11.2. The molecule has 0 atom stereocenters. The van der Waals surface area contributed by atoms with Crippen molar-refractivity contribution in [2.45, 2.75) is 40.0 Å². The van der Waals surface area contributed by atoms with E-state index in [4.69, 9.17) is 5.26 Å². The average molecular weight is 251 g/mol. The summed E-state index contributed by atoms with van der Waals surface area (Å²) in [5.74, 6) is 0.186. The second-order valence-corrected chi connectivity index (χ2v) is 5.80. The highest BCUT2D eigenvalue weighted by Gasteiger charge is 2.19. The van der Waals surface area contributed by atoms with Gasteiger partial charge in [-0.2, -0.15) is 5.26 Å². The third-order valence-electron chi connectivity index (χ3n) is 3.65. The maximum Gasteiger partial charge on any atom is 0.219 e. The Morgan fingerprint density at radius 2 is 1.83 bits per heavy atom. The molecule has 1 heterocycles. The quantitative estimate of drug-likeness (QED) is 0.701. The van der Waals surface area contributed by atoms with Crippen LogP contribution in [0.1, 0.15) is 40.0 Å². The van der Waals surface area contributed by atoms with Gasteiger partial charge in [-0.15, -0.1) is 0 Å². The Hall–Kier alpha value is -1.08. The van der Waals surface area contributed by atoms with Crippen LogP contribution in [0.5, 0.6) is 0 Å². The van der Waals surface area contributed by atoms with Gasteiger partial charge >= 0.3 is 0 Å². The topological polar surface area (TPSA) is 47.3 Å². The first-order chi connectivity index (χ1) is 8.44. The SMILES string of the molecule is CC(=O)N1CCN(CCCCC(C)(C)C#N)CC1. The monoisotopic (exact) mass is 251 g/mol. The third-order valence-corrected chi connectivity index (χ3v) is 3.65. The number of piperazine rings is 1. The minimum atomic E-state index is -0.187. The van der Waals surface area contributed by atoms with Gasteiger partial charge in [0.15, 0.2) is 0 Å². The fourth-order valence-electron chi connectivity index (χ4n) is 2.24. The number of unbranched alkanes of at least 4 members (excludes halogenated alkanes) is 1. The van der Waals surface area contributed by atoms with Crippen LogP contribution in [0.3, 0.4) is 0 Å². The van der Waals surface area contributed by atoms with Crippen molar-refractivity contribution in [2.24, 2.45) is 5.41 Å². The average Bonchev–Trinajstić information content (AvgIpc) is 2.35. The molecule has 102 valence electrons. The number of hydrogen-bond donors (Lipinski definition) is 0. The van der Waals surface area contributed by atoms with E-state index in [1.54, 1.807) is 6.92 Å². The van der Waals surface area contributed by atoms with Gasteiger partial charge in [0.1, 0.15) is 0 Å². The molecule has 1 rings (SSSR count). The van der Waals surface area contributed by atoms with Gasteiger partial charge in [0, 0.05) is 33.1 Å². The molecule has 1 amide bonds.